The van der Waals surface area contributed by atoms with Gasteiger partial charge in [0.05, 0.1) is 23.7 Å². The van der Waals surface area contributed by atoms with Crippen LogP contribution in [-0.2, 0) is 14.3 Å². The Morgan fingerprint density at radius 2 is 1.61 bits per heavy atom. The molecule has 1 heterocycles. The van der Waals surface area contributed by atoms with Gasteiger partial charge in [0.15, 0.2) is 0 Å². The zero-order valence-electron chi connectivity index (χ0n) is 38.7. The van der Waals surface area contributed by atoms with E-state index in [1.165, 1.54) is 68.1 Å². The fraction of sp³-hybridized carbons (Fsp3) is 0.731. The molecule has 6 aliphatic carbocycles. The van der Waals surface area contributed by atoms with E-state index in [9.17, 15) is 18.7 Å². The van der Waals surface area contributed by atoms with E-state index >= 15 is 0 Å². The van der Waals surface area contributed by atoms with Gasteiger partial charge in [0.2, 0.25) is 0 Å². The summed E-state index contributed by atoms with van der Waals surface area (Å²) in [5.41, 5.74) is 4.70. The van der Waals surface area contributed by atoms with Crippen LogP contribution >= 0.6 is 10.6 Å². The Hall–Kier alpha value is -2.43. The molecule has 8 rings (SSSR count). The average Bonchev–Trinajstić information content (AvgIpc) is 3.61. The minimum atomic E-state index is -2.38. The highest BCUT2D eigenvalue weighted by molar-refractivity contribution is 8.24. The second-order valence-corrected chi connectivity index (χ2v) is 24.7. The number of carbonyl (C=O) groups excluding carboxylic acids is 2. The van der Waals surface area contributed by atoms with E-state index in [1.54, 1.807) is 12.1 Å². The van der Waals surface area contributed by atoms with Crippen LogP contribution in [0.15, 0.2) is 65.8 Å². The molecule has 5 fully saturated rings. The topological polar surface area (TPSA) is 108 Å². The van der Waals surface area contributed by atoms with Gasteiger partial charge >= 0.3 is 11.9 Å². The molecule has 0 aromatic heterocycles. The molecule has 3 N–H and O–H groups in total. The number of rotatable bonds is 11. The Morgan fingerprint density at radius 1 is 0.869 bits per heavy atom. The fourth-order valence-electron chi connectivity index (χ4n) is 15.7. The summed E-state index contributed by atoms with van der Waals surface area (Å²) in [7, 11) is -2.38. The lowest BCUT2D eigenvalue weighted by atomic mass is 9.33. The monoisotopic (exact) mass is 859 g/mol. The van der Waals surface area contributed by atoms with Crippen LogP contribution in [0.5, 0.6) is 0 Å². The number of hydrogen-bond donors (Lipinski definition) is 3. The van der Waals surface area contributed by atoms with Crippen LogP contribution in [0, 0.1) is 56.7 Å². The van der Waals surface area contributed by atoms with E-state index in [0.717, 1.165) is 39.0 Å². The van der Waals surface area contributed by atoms with Crippen LogP contribution in [0.25, 0.3) is 0 Å². The van der Waals surface area contributed by atoms with Crippen molar-refractivity contribution in [2.24, 2.45) is 56.7 Å². The van der Waals surface area contributed by atoms with Gasteiger partial charge in [0, 0.05) is 31.7 Å². The summed E-state index contributed by atoms with van der Waals surface area (Å²) in [6.07, 6.45) is 18.0. The minimum Gasteiger partial charge on any atom is -0.465 e. The Bertz CT molecular complexity index is 1900. The normalized spacial score (nSPS) is 40.8. The van der Waals surface area contributed by atoms with Gasteiger partial charge in [-0.05, 0) is 165 Å². The van der Waals surface area contributed by atoms with Crippen LogP contribution in [0.2, 0.25) is 0 Å². The van der Waals surface area contributed by atoms with E-state index in [4.69, 9.17) is 9.47 Å². The number of hydrogen-bond acceptors (Lipinski definition) is 8. The molecule has 1 aliphatic heterocycles. The molecule has 9 heteroatoms. The lowest BCUT2D eigenvalue weighted by molar-refractivity contribution is -0.221. The maximum Gasteiger partial charge on any atom is 0.338 e. The predicted octanol–water partition coefficient (Wildman–Crippen LogP) is 11.1. The number of fused-ring (bicyclic) bond motifs is 7. The molecule has 61 heavy (non-hydrogen) atoms. The number of nitrogens with one attached hydrogen (secondary N) is 1. The van der Waals surface area contributed by atoms with Crippen molar-refractivity contribution in [3.05, 3.63) is 71.3 Å². The van der Waals surface area contributed by atoms with Crippen molar-refractivity contribution in [3.8, 4) is 0 Å². The van der Waals surface area contributed by atoms with Crippen molar-refractivity contribution in [3.63, 3.8) is 0 Å². The molecule has 0 spiro atoms. The smallest absolute Gasteiger partial charge is 0.338 e. The zero-order valence-corrected chi connectivity index (χ0v) is 39.5. The van der Waals surface area contributed by atoms with Crippen molar-refractivity contribution < 1.29 is 28.2 Å². The van der Waals surface area contributed by atoms with Gasteiger partial charge in [-0.2, -0.15) is 10.6 Å². The van der Waals surface area contributed by atoms with E-state index in [1.807, 2.05) is 25.1 Å². The standard InChI is InChI=1S/C52H78N2O6S/c1-9-59-46(56)51(35-60-45(55)38-13-11-10-12-14-38)24-17-37(18-25-51)40-20-22-48(6)42(47(40,4)5)21-23-50(8)43(48)16-15-41-44-39(36(2)3)19-26-52(44,28-27-49(41,50)7)53-29-30-54-31-33-61(57,58)34-32-54/h10-14,17,20,39,41-44,53,57-58H,2,9,15-16,18-19,21-35H2,1,3-8H3/t39-,41+,42-,43+,44+,48-,49+,50+,51?,52-/m0/s1. The molecular weight excluding hydrogens is 781 g/mol. The Morgan fingerprint density at radius 3 is 2.28 bits per heavy atom. The van der Waals surface area contributed by atoms with Crippen molar-refractivity contribution >= 4 is 22.5 Å². The van der Waals surface area contributed by atoms with Crippen molar-refractivity contribution in [1.29, 1.82) is 0 Å². The van der Waals surface area contributed by atoms with Gasteiger partial charge < -0.3 is 14.8 Å². The van der Waals surface area contributed by atoms with E-state index in [0.29, 0.717) is 66.1 Å². The average molecular weight is 859 g/mol. The molecule has 1 aromatic rings. The fourth-order valence-corrected chi connectivity index (χ4v) is 17.0. The second kappa shape index (κ2) is 16.5. The molecule has 0 radical (unpaired) electrons. The van der Waals surface area contributed by atoms with Gasteiger partial charge in [-0.15, -0.1) is 0 Å². The second-order valence-electron chi connectivity index (χ2n) is 22.2. The maximum absolute atomic E-state index is 13.6. The molecule has 338 valence electrons. The predicted molar refractivity (Wildman–Crippen MR) is 247 cm³/mol. The quantitative estimate of drug-likeness (QED) is 0.149. The van der Waals surface area contributed by atoms with Gasteiger partial charge in [-0.3, -0.25) is 18.8 Å². The lowest BCUT2D eigenvalue weighted by Gasteiger charge is -2.72. The van der Waals surface area contributed by atoms with Gasteiger partial charge in [-0.1, -0.05) is 77.1 Å². The Balaban J connectivity index is 1.00. The highest BCUT2D eigenvalue weighted by Crippen LogP contribution is 2.76. The molecule has 10 atom stereocenters. The Kier molecular flexibility index (Phi) is 12.2. The van der Waals surface area contributed by atoms with Crippen LogP contribution in [0.1, 0.15) is 136 Å². The van der Waals surface area contributed by atoms with E-state index in [2.05, 4.69) is 70.5 Å². The molecule has 0 bridgehead atoms. The number of allylic oxidation sites excluding steroid dienone is 5. The summed E-state index contributed by atoms with van der Waals surface area (Å²) in [5.74, 6) is 3.42. The summed E-state index contributed by atoms with van der Waals surface area (Å²) in [6, 6.07) is 9.02. The number of carbonyl (C=O) groups is 2. The van der Waals surface area contributed by atoms with Gasteiger partial charge in [0.25, 0.3) is 0 Å². The Labute approximate surface area is 369 Å². The van der Waals surface area contributed by atoms with E-state index < -0.39 is 22.0 Å². The van der Waals surface area contributed by atoms with E-state index in [-0.39, 0.29) is 39.8 Å². The van der Waals surface area contributed by atoms with Crippen molar-refractivity contribution in [2.75, 3.05) is 50.9 Å². The molecule has 0 amide bonds. The summed E-state index contributed by atoms with van der Waals surface area (Å²) in [5, 5.41) is 4.26. The number of benzene rings is 1. The first-order valence-corrected chi connectivity index (χ1v) is 25.9. The van der Waals surface area contributed by atoms with Crippen molar-refractivity contribution in [2.45, 2.75) is 131 Å². The zero-order chi connectivity index (χ0) is 43.6. The van der Waals surface area contributed by atoms with Gasteiger partial charge in [0.1, 0.15) is 12.0 Å². The minimum absolute atomic E-state index is 0.00469. The third kappa shape index (κ3) is 7.64. The molecule has 7 aliphatic rings. The third-order valence-electron chi connectivity index (χ3n) is 19.2. The highest BCUT2D eigenvalue weighted by Gasteiger charge is 2.70. The molecule has 8 nitrogen and oxygen atoms in total. The molecule has 1 unspecified atom stereocenters. The van der Waals surface area contributed by atoms with Crippen LogP contribution < -0.4 is 5.32 Å². The summed E-state index contributed by atoms with van der Waals surface area (Å²) >= 11 is 0. The van der Waals surface area contributed by atoms with Crippen LogP contribution in [-0.4, -0.2) is 82.4 Å². The molecule has 4 saturated carbocycles. The first-order chi connectivity index (χ1) is 28.8. The summed E-state index contributed by atoms with van der Waals surface area (Å²) < 4.78 is 31.8. The SMILES string of the molecule is C=C(C)[C@@H]1CC[C@]2(NCCN3CCS(O)(O)CC3)CC[C@]3(C)[C@H](CC[C@@H]4[C@@]5(C)CC=C(C6=CCC(COC(=O)c7ccccc7)(C(=O)OCC)CC6)C(C)(C)[C@@H]5CC[C@]43C)[C@@H]12. The lowest BCUT2D eigenvalue weighted by Crippen LogP contribution is -2.68. The number of ether oxygens (including phenoxy) is 2. The van der Waals surface area contributed by atoms with Crippen molar-refractivity contribution in [1.82, 2.24) is 10.2 Å². The summed E-state index contributed by atoms with van der Waals surface area (Å²) in [6.45, 7) is 25.7. The first-order valence-electron chi connectivity index (χ1n) is 24.0. The third-order valence-corrected chi connectivity index (χ3v) is 20.8. The summed E-state index contributed by atoms with van der Waals surface area (Å²) in [4.78, 5) is 29.0. The highest BCUT2D eigenvalue weighted by atomic mass is 32.3. The number of nitrogens with zero attached hydrogens (tertiary/aromatic N) is 1. The first kappa shape index (κ1) is 45.1. The van der Waals surface area contributed by atoms with Crippen LogP contribution in [0.4, 0.5) is 0 Å². The van der Waals surface area contributed by atoms with Crippen LogP contribution in [0.3, 0.4) is 0 Å². The number of esters is 2. The molecule has 1 saturated heterocycles. The molecule has 1 aromatic carbocycles. The molecular formula is C52H78N2O6S. The maximum atomic E-state index is 13.6. The van der Waals surface area contributed by atoms with Gasteiger partial charge in [-0.25, -0.2) is 4.79 Å². The largest absolute Gasteiger partial charge is 0.465 e.